The van der Waals surface area contributed by atoms with Gasteiger partial charge in [-0.25, -0.2) is 4.79 Å². The molecule has 2 atom stereocenters. The molecule has 0 aromatic rings. The number of nitrogens with zero attached hydrogens (tertiary/aromatic N) is 1. The molecule has 0 radical (unpaired) electrons. The van der Waals surface area contributed by atoms with Crippen LogP contribution in [0, 0.1) is 11.8 Å². The van der Waals surface area contributed by atoms with Gasteiger partial charge < -0.3 is 15.0 Å². The summed E-state index contributed by atoms with van der Waals surface area (Å²) in [6.45, 7) is 10.7. The molecule has 0 saturated carbocycles. The van der Waals surface area contributed by atoms with Gasteiger partial charge in [-0.3, -0.25) is 0 Å². The quantitative estimate of drug-likeness (QED) is 0.854. The predicted octanol–water partition coefficient (Wildman–Crippen LogP) is 2.88. The first-order valence-electron chi connectivity index (χ1n) is 7.50. The average Bonchev–Trinajstić information content (AvgIpc) is 2.34. The van der Waals surface area contributed by atoms with Gasteiger partial charge in [-0.05, 0) is 59.0 Å². The van der Waals surface area contributed by atoms with Crippen molar-refractivity contribution in [3.63, 3.8) is 0 Å². The fourth-order valence-electron chi connectivity index (χ4n) is 2.79. The Labute approximate surface area is 117 Å². The number of hydrogen-bond donors (Lipinski definition) is 1. The number of piperidine rings is 1. The Bertz CT molecular complexity index is 286. The molecule has 4 heteroatoms. The Morgan fingerprint density at radius 3 is 2.68 bits per heavy atom. The van der Waals surface area contributed by atoms with Crippen molar-refractivity contribution in [1.29, 1.82) is 0 Å². The molecule has 1 heterocycles. The zero-order valence-corrected chi connectivity index (χ0v) is 13.2. The first kappa shape index (κ1) is 16.3. The number of hydrogen-bond acceptors (Lipinski definition) is 3. The Balaban J connectivity index is 2.56. The summed E-state index contributed by atoms with van der Waals surface area (Å²) in [6, 6.07) is 0. The minimum Gasteiger partial charge on any atom is -0.444 e. The number of ether oxygens (including phenoxy) is 1. The fraction of sp³-hybridized carbons (Fsp3) is 0.933. The molecular formula is C15H30N2O2. The van der Waals surface area contributed by atoms with Crippen LogP contribution in [-0.4, -0.2) is 43.3 Å². The summed E-state index contributed by atoms with van der Waals surface area (Å²) in [5.74, 6) is 1.24. The Hall–Kier alpha value is -0.770. The van der Waals surface area contributed by atoms with E-state index in [2.05, 4.69) is 12.2 Å². The second-order valence-electron chi connectivity index (χ2n) is 6.55. The Kier molecular flexibility index (Phi) is 6.11. The highest BCUT2D eigenvalue weighted by Gasteiger charge is 2.30. The zero-order chi connectivity index (χ0) is 14.5. The van der Waals surface area contributed by atoms with Crippen molar-refractivity contribution < 1.29 is 9.53 Å². The number of carbonyl (C=O) groups is 1. The lowest BCUT2D eigenvalue weighted by atomic mass is 9.84. The summed E-state index contributed by atoms with van der Waals surface area (Å²) in [5, 5.41) is 3.26. The van der Waals surface area contributed by atoms with E-state index in [1.807, 2.05) is 32.7 Å². The predicted molar refractivity (Wildman–Crippen MR) is 78.2 cm³/mol. The molecule has 4 nitrogen and oxygen atoms in total. The first-order valence-corrected chi connectivity index (χ1v) is 7.50. The maximum Gasteiger partial charge on any atom is 0.410 e. The summed E-state index contributed by atoms with van der Waals surface area (Å²) in [5.41, 5.74) is -0.404. The molecule has 0 bridgehead atoms. The number of amides is 1. The van der Waals surface area contributed by atoms with E-state index in [1.165, 1.54) is 6.42 Å². The van der Waals surface area contributed by atoms with Crippen LogP contribution in [0.3, 0.4) is 0 Å². The second-order valence-corrected chi connectivity index (χ2v) is 6.55. The van der Waals surface area contributed by atoms with E-state index in [9.17, 15) is 4.79 Å². The lowest BCUT2D eigenvalue weighted by Gasteiger charge is -2.37. The maximum absolute atomic E-state index is 12.1. The summed E-state index contributed by atoms with van der Waals surface area (Å²) in [6.07, 6.45) is 3.31. The molecule has 1 amide bonds. The number of likely N-dealkylation sites (tertiary alicyclic amines) is 1. The Morgan fingerprint density at radius 1 is 1.47 bits per heavy atom. The lowest BCUT2D eigenvalue weighted by Crippen LogP contribution is -2.45. The minimum absolute atomic E-state index is 0.156. The highest BCUT2D eigenvalue weighted by Crippen LogP contribution is 2.26. The molecule has 1 fully saturated rings. The van der Waals surface area contributed by atoms with E-state index in [-0.39, 0.29) is 6.09 Å². The molecule has 112 valence electrons. The van der Waals surface area contributed by atoms with E-state index in [4.69, 9.17) is 4.74 Å². The van der Waals surface area contributed by atoms with Gasteiger partial charge in [0.15, 0.2) is 0 Å². The monoisotopic (exact) mass is 270 g/mol. The van der Waals surface area contributed by atoms with E-state index in [1.54, 1.807) is 0 Å². The molecule has 1 aliphatic heterocycles. The first-order chi connectivity index (χ1) is 8.87. The summed E-state index contributed by atoms with van der Waals surface area (Å²) < 4.78 is 5.47. The van der Waals surface area contributed by atoms with Gasteiger partial charge in [0.25, 0.3) is 0 Å². The third kappa shape index (κ3) is 5.39. The molecule has 0 spiro atoms. The van der Waals surface area contributed by atoms with Crippen LogP contribution in [-0.2, 0) is 4.74 Å². The molecule has 1 rings (SSSR count). The SMILES string of the molecule is CCC(CNC)C1CCCN(C(=O)OC(C)(C)C)C1. The van der Waals surface area contributed by atoms with Crippen LogP contribution in [0.5, 0.6) is 0 Å². The topological polar surface area (TPSA) is 41.6 Å². The third-order valence-corrected chi connectivity index (χ3v) is 3.77. The van der Waals surface area contributed by atoms with Crippen LogP contribution in [0.1, 0.15) is 47.0 Å². The molecule has 2 unspecified atom stereocenters. The van der Waals surface area contributed by atoms with Crippen LogP contribution >= 0.6 is 0 Å². The zero-order valence-electron chi connectivity index (χ0n) is 13.2. The lowest BCUT2D eigenvalue weighted by molar-refractivity contribution is 0.0128. The minimum atomic E-state index is -0.404. The highest BCUT2D eigenvalue weighted by atomic mass is 16.6. The van der Waals surface area contributed by atoms with Gasteiger partial charge in [-0.15, -0.1) is 0 Å². The van der Waals surface area contributed by atoms with E-state index >= 15 is 0 Å². The van der Waals surface area contributed by atoms with Crippen molar-refractivity contribution in [2.45, 2.75) is 52.6 Å². The molecule has 0 aromatic carbocycles. The number of nitrogens with one attached hydrogen (secondary N) is 1. The molecule has 1 aliphatic rings. The summed E-state index contributed by atoms with van der Waals surface area (Å²) >= 11 is 0. The largest absolute Gasteiger partial charge is 0.444 e. The van der Waals surface area contributed by atoms with Crippen LogP contribution in [0.2, 0.25) is 0 Å². The van der Waals surface area contributed by atoms with Gasteiger partial charge in [0, 0.05) is 13.1 Å². The van der Waals surface area contributed by atoms with Crippen molar-refractivity contribution in [3.05, 3.63) is 0 Å². The fourth-order valence-corrected chi connectivity index (χ4v) is 2.79. The number of rotatable bonds is 4. The van der Waals surface area contributed by atoms with Crippen LogP contribution in [0.4, 0.5) is 4.79 Å². The van der Waals surface area contributed by atoms with E-state index in [0.717, 1.165) is 32.5 Å². The summed E-state index contributed by atoms with van der Waals surface area (Å²) in [7, 11) is 2.00. The van der Waals surface area contributed by atoms with Crippen molar-refractivity contribution in [3.8, 4) is 0 Å². The van der Waals surface area contributed by atoms with Crippen molar-refractivity contribution in [1.82, 2.24) is 10.2 Å². The van der Waals surface area contributed by atoms with Crippen LogP contribution in [0.15, 0.2) is 0 Å². The van der Waals surface area contributed by atoms with E-state index < -0.39 is 5.60 Å². The number of carbonyl (C=O) groups excluding carboxylic acids is 1. The smallest absolute Gasteiger partial charge is 0.410 e. The molecule has 0 aromatic heterocycles. The van der Waals surface area contributed by atoms with Gasteiger partial charge in [0.1, 0.15) is 5.60 Å². The van der Waals surface area contributed by atoms with Crippen molar-refractivity contribution in [2.24, 2.45) is 11.8 Å². The van der Waals surface area contributed by atoms with Gasteiger partial charge in [0.05, 0.1) is 0 Å². The van der Waals surface area contributed by atoms with Crippen molar-refractivity contribution in [2.75, 3.05) is 26.7 Å². The standard InChI is InChI=1S/C15H30N2O2/c1-6-12(10-16-5)13-8-7-9-17(11-13)14(18)19-15(2,3)4/h12-13,16H,6-11H2,1-5H3. The Morgan fingerprint density at radius 2 is 2.16 bits per heavy atom. The van der Waals surface area contributed by atoms with Gasteiger partial charge >= 0.3 is 6.09 Å². The van der Waals surface area contributed by atoms with E-state index in [0.29, 0.717) is 11.8 Å². The molecular weight excluding hydrogens is 240 g/mol. The normalized spacial score (nSPS) is 22.2. The molecule has 1 N–H and O–H groups in total. The van der Waals surface area contributed by atoms with Gasteiger partial charge in [-0.2, -0.15) is 0 Å². The van der Waals surface area contributed by atoms with Crippen molar-refractivity contribution >= 4 is 6.09 Å². The van der Waals surface area contributed by atoms with Crippen LogP contribution in [0.25, 0.3) is 0 Å². The third-order valence-electron chi connectivity index (χ3n) is 3.77. The molecule has 19 heavy (non-hydrogen) atoms. The van der Waals surface area contributed by atoms with Gasteiger partial charge in [-0.1, -0.05) is 13.3 Å². The highest BCUT2D eigenvalue weighted by molar-refractivity contribution is 5.68. The summed E-state index contributed by atoms with van der Waals surface area (Å²) in [4.78, 5) is 14.0. The maximum atomic E-state index is 12.1. The molecule has 1 saturated heterocycles. The molecule has 0 aliphatic carbocycles. The average molecular weight is 270 g/mol. The van der Waals surface area contributed by atoms with Gasteiger partial charge in [0.2, 0.25) is 0 Å². The second kappa shape index (κ2) is 7.13. The van der Waals surface area contributed by atoms with Crippen LogP contribution < -0.4 is 5.32 Å².